The Bertz CT molecular complexity index is 807. The molecule has 0 saturated carbocycles. The highest BCUT2D eigenvalue weighted by Crippen LogP contribution is 2.34. The molecular formula is C20H17ClO. The van der Waals surface area contributed by atoms with Gasteiger partial charge in [0.15, 0.2) is 0 Å². The van der Waals surface area contributed by atoms with E-state index in [0.717, 1.165) is 22.3 Å². The summed E-state index contributed by atoms with van der Waals surface area (Å²) >= 11 is 6.36. The minimum absolute atomic E-state index is 0.494. The largest absolute Gasteiger partial charge is 0.488 e. The molecule has 0 atom stereocenters. The molecule has 0 heterocycles. The third-order valence-corrected chi connectivity index (χ3v) is 3.92. The molecule has 0 aromatic heterocycles. The van der Waals surface area contributed by atoms with E-state index in [2.05, 4.69) is 24.3 Å². The Balaban J connectivity index is 1.78. The fraction of sp³-hybridized carbons (Fsp3) is 0.100. The van der Waals surface area contributed by atoms with Gasteiger partial charge in [-0.15, -0.1) is 0 Å². The number of hydrogen-bond donors (Lipinski definition) is 0. The van der Waals surface area contributed by atoms with Crippen molar-refractivity contribution in [1.29, 1.82) is 0 Å². The summed E-state index contributed by atoms with van der Waals surface area (Å²) < 4.78 is 5.88. The molecule has 0 radical (unpaired) electrons. The summed E-state index contributed by atoms with van der Waals surface area (Å²) in [5, 5.41) is 2.97. The summed E-state index contributed by atoms with van der Waals surface area (Å²) in [6.45, 7) is 2.54. The normalized spacial score (nSPS) is 11.2. The van der Waals surface area contributed by atoms with Gasteiger partial charge in [0.05, 0.1) is 5.02 Å². The van der Waals surface area contributed by atoms with Crippen LogP contribution in [0.4, 0.5) is 0 Å². The van der Waals surface area contributed by atoms with Crippen LogP contribution < -0.4 is 4.74 Å². The van der Waals surface area contributed by atoms with Gasteiger partial charge in [-0.05, 0) is 35.4 Å². The van der Waals surface area contributed by atoms with E-state index >= 15 is 0 Å². The molecule has 0 saturated heterocycles. The Hall–Kier alpha value is -2.25. The number of hydrogen-bond acceptors (Lipinski definition) is 1. The average Bonchev–Trinajstić information content (AvgIpc) is 2.55. The van der Waals surface area contributed by atoms with Crippen molar-refractivity contribution < 1.29 is 4.74 Å². The van der Waals surface area contributed by atoms with E-state index in [1.165, 1.54) is 5.39 Å². The van der Waals surface area contributed by atoms with Crippen molar-refractivity contribution in [3.8, 4) is 5.75 Å². The molecule has 0 amide bonds. The van der Waals surface area contributed by atoms with Crippen molar-refractivity contribution in [3.63, 3.8) is 0 Å². The lowest BCUT2D eigenvalue weighted by Crippen LogP contribution is -1.97. The molecule has 2 heteroatoms. The third-order valence-electron chi connectivity index (χ3n) is 3.64. The highest BCUT2D eigenvalue weighted by Gasteiger charge is 2.09. The molecular weight excluding hydrogens is 292 g/mol. The first-order valence-corrected chi connectivity index (χ1v) is 7.66. The Morgan fingerprint density at radius 3 is 2.55 bits per heavy atom. The van der Waals surface area contributed by atoms with Crippen LogP contribution in [0.5, 0.6) is 5.75 Å². The topological polar surface area (TPSA) is 9.23 Å². The van der Waals surface area contributed by atoms with Crippen molar-refractivity contribution >= 4 is 28.4 Å². The summed E-state index contributed by atoms with van der Waals surface area (Å²) in [5.74, 6) is 0.762. The zero-order valence-electron chi connectivity index (χ0n) is 12.4. The van der Waals surface area contributed by atoms with Crippen molar-refractivity contribution in [3.05, 3.63) is 82.9 Å². The van der Waals surface area contributed by atoms with E-state index in [4.69, 9.17) is 16.3 Å². The van der Waals surface area contributed by atoms with Crippen LogP contribution in [0.2, 0.25) is 5.02 Å². The monoisotopic (exact) mass is 308 g/mol. The molecule has 0 aliphatic rings. The lowest BCUT2D eigenvalue weighted by molar-refractivity contribution is 0.362. The van der Waals surface area contributed by atoms with E-state index in [0.29, 0.717) is 11.6 Å². The zero-order chi connectivity index (χ0) is 15.4. The zero-order valence-corrected chi connectivity index (χ0v) is 13.2. The molecule has 0 N–H and O–H groups in total. The van der Waals surface area contributed by atoms with E-state index in [-0.39, 0.29) is 0 Å². The van der Waals surface area contributed by atoms with Gasteiger partial charge in [0.25, 0.3) is 0 Å². The summed E-state index contributed by atoms with van der Waals surface area (Å²) in [6.07, 6.45) is 4.05. The maximum Gasteiger partial charge on any atom is 0.141 e. The van der Waals surface area contributed by atoms with Crippen LogP contribution in [0.25, 0.3) is 16.8 Å². The van der Waals surface area contributed by atoms with Crippen LogP contribution in [0.15, 0.2) is 66.7 Å². The van der Waals surface area contributed by atoms with Crippen LogP contribution in [0.1, 0.15) is 11.1 Å². The minimum Gasteiger partial charge on any atom is -0.488 e. The predicted molar refractivity (Wildman–Crippen MR) is 94.7 cm³/mol. The third kappa shape index (κ3) is 3.15. The molecule has 0 aliphatic heterocycles. The van der Waals surface area contributed by atoms with Crippen LogP contribution in [0, 0.1) is 6.92 Å². The maximum atomic E-state index is 6.36. The Labute approximate surface area is 135 Å². The van der Waals surface area contributed by atoms with Gasteiger partial charge in [0.2, 0.25) is 0 Å². The molecule has 3 rings (SSSR count). The van der Waals surface area contributed by atoms with E-state index in [1.807, 2.05) is 55.5 Å². The molecule has 0 aliphatic carbocycles. The minimum atomic E-state index is 0.494. The maximum absolute atomic E-state index is 6.36. The number of halogens is 1. The van der Waals surface area contributed by atoms with Gasteiger partial charge in [0.1, 0.15) is 12.4 Å². The summed E-state index contributed by atoms with van der Waals surface area (Å²) in [6, 6.07) is 20.3. The second-order valence-electron chi connectivity index (χ2n) is 5.16. The molecule has 0 fully saturated rings. The summed E-state index contributed by atoms with van der Waals surface area (Å²) in [4.78, 5) is 0. The fourth-order valence-corrected chi connectivity index (χ4v) is 2.84. The molecule has 3 aromatic rings. The van der Waals surface area contributed by atoms with Crippen LogP contribution >= 0.6 is 11.6 Å². The van der Waals surface area contributed by atoms with Crippen molar-refractivity contribution in [1.82, 2.24) is 0 Å². The van der Waals surface area contributed by atoms with Crippen LogP contribution in [-0.2, 0) is 0 Å². The average molecular weight is 309 g/mol. The molecule has 0 bridgehead atoms. The van der Waals surface area contributed by atoms with Gasteiger partial charge in [-0.25, -0.2) is 0 Å². The Morgan fingerprint density at radius 2 is 1.73 bits per heavy atom. The quantitative estimate of drug-likeness (QED) is 0.583. The second-order valence-corrected chi connectivity index (χ2v) is 5.56. The van der Waals surface area contributed by atoms with Crippen LogP contribution in [-0.4, -0.2) is 6.61 Å². The lowest BCUT2D eigenvalue weighted by Gasteiger charge is -2.12. The van der Waals surface area contributed by atoms with Crippen molar-refractivity contribution in [2.45, 2.75) is 6.92 Å². The summed E-state index contributed by atoms with van der Waals surface area (Å²) in [7, 11) is 0. The highest BCUT2D eigenvalue weighted by atomic mass is 35.5. The smallest absolute Gasteiger partial charge is 0.141 e. The first-order chi connectivity index (χ1) is 10.8. The number of benzene rings is 3. The van der Waals surface area contributed by atoms with E-state index in [9.17, 15) is 0 Å². The molecule has 0 unspecified atom stereocenters. The first kappa shape index (κ1) is 14.7. The van der Waals surface area contributed by atoms with Gasteiger partial charge >= 0.3 is 0 Å². The van der Waals surface area contributed by atoms with Gasteiger partial charge < -0.3 is 4.74 Å². The molecule has 22 heavy (non-hydrogen) atoms. The molecule has 110 valence electrons. The number of ether oxygens (including phenoxy) is 1. The molecule has 1 nitrogen and oxygen atoms in total. The second kappa shape index (κ2) is 6.67. The Kier molecular flexibility index (Phi) is 4.45. The Morgan fingerprint density at radius 1 is 1.00 bits per heavy atom. The van der Waals surface area contributed by atoms with Crippen molar-refractivity contribution in [2.75, 3.05) is 6.61 Å². The predicted octanol–water partition coefficient (Wildman–Crippen LogP) is 5.89. The highest BCUT2D eigenvalue weighted by molar-refractivity contribution is 6.33. The van der Waals surface area contributed by atoms with Gasteiger partial charge in [-0.2, -0.15) is 0 Å². The van der Waals surface area contributed by atoms with Crippen molar-refractivity contribution in [2.24, 2.45) is 0 Å². The van der Waals surface area contributed by atoms with Gasteiger partial charge in [0, 0.05) is 5.56 Å². The molecule has 0 spiro atoms. The number of fused-ring (bicyclic) bond motifs is 1. The van der Waals surface area contributed by atoms with E-state index < -0.39 is 0 Å². The summed E-state index contributed by atoms with van der Waals surface area (Å²) in [5.41, 5.74) is 2.24. The van der Waals surface area contributed by atoms with Gasteiger partial charge in [-0.3, -0.25) is 0 Å². The van der Waals surface area contributed by atoms with Crippen LogP contribution in [0.3, 0.4) is 0 Å². The first-order valence-electron chi connectivity index (χ1n) is 7.28. The fourth-order valence-electron chi connectivity index (χ4n) is 2.52. The molecule has 3 aromatic carbocycles. The standard InChI is InChI=1S/C20H17ClO/c1-15-18-12-6-5-11-17(18)14-19(21)20(15)22-13-7-10-16-8-3-2-4-9-16/h2-12,14H,13H2,1H3/b10-7+. The van der Waals surface area contributed by atoms with E-state index in [1.54, 1.807) is 0 Å². The number of aryl methyl sites for hydroxylation is 1. The lowest BCUT2D eigenvalue weighted by atomic mass is 10.0. The van der Waals surface area contributed by atoms with Gasteiger partial charge in [-0.1, -0.05) is 72.3 Å². The number of rotatable bonds is 4. The SMILES string of the molecule is Cc1c(OC/C=C/c2ccccc2)c(Cl)cc2ccccc12.